The van der Waals surface area contributed by atoms with Crippen molar-refractivity contribution >= 4 is 33.2 Å². The van der Waals surface area contributed by atoms with Gasteiger partial charge in [-0.1, -0.05) is 0 Å². The lowest BCUT2D eigenvalue weighted by Crippen LogP contribution is -1.93. The molecular weight excluding hydrogens is 368 g/mol. The minimum Gasteiger partial charge on any atom is -0.454 e. The van der Waals surface area contributed by atoms with Gasteiger partial charge in [0, 0.05) is 16.2 Å². The smallest absolute Gasteiger partial charge is 0.231 e. The number of nitrogens with zero attached hydrogens (tertiary/aromatic N) is 2. The molecule has 0 atom stereocenters. The quantitative estimate of drug-likeness (QED) is 0.613. The van der Waals surface area contributed by atoms with Crippen molar-refractivity contribution in [1.29, 1.82) is 0 Å². The van der Waals surface area contributed by atoms with Gasteiger partial charge in [0.25, 0.3) is 0 Å². The molecule has 6 heteroatoms. The molecule has 0 fully saturated rings. The molecule has 2 aromatic heterocycles. The average Bonchev–Trinajstić information content (AvgIpc) is 3.09. The first kappa shape index (κ1) is 13.9. The van der Waals surface area contributed by atoms with E-state index in [1.54, 1.807) is 0 Å². The van der Waals surface area contributed by atoms with Crippen LogP contribution in [0.1, 0.15) is 11.3 Å². The van der Waals surface area contributed by atoms with E-state index in [1.807, 2.05) is 41.8 Å². The molecular formula is C16H12BrClN2O2. The Kier molecular flexibility index (Phi) is 3.27. The van der Waals surface area contributed by atoms with Crippen LogP contribution in [0.5, 0.6) is 11.5 Å². The maximum atomic E-state index is 6.19. The van der Waals surface area contributed by atoms with E-state index in [-0.39, 0.29) is 6.79 Å². The Balaban J connectivity index is 1.96. The number of ether oxygens (including phenoxy) is 2. The van der Waals surface area contributed by atoms with Crippen LogP contribution in [0.2, 0.25) is 0 Å². The molecule has 0 saturated carbocycles. The highest BCUT2D eigenvalue weighted by atomic mass is 79.9. The monoisotopic (exact) mass is 378 g/mol. The van der Waals surface area contributed by atoms with Gasteiger partial charge in [-0.3, -0.25) is 0 Å². The van der Waals surface area contributed by atoms with Crippen LogP contribution in [0.25, 0.3) is 16.9 Å². The number of aromatic nitrogens is 2. The first-order chi connectivity index (χ1) is 10.7. The van der Waals surface area contributed by atoms with Crippen molar-refractivity contribution in [3.05, 3.63) is 46.2 Å². The summed E-state index contributed by atoms with van der Waals surface area (Å²) in [6, 6.07) is 7.88. The highest BCUT2D eigenvalue weighted by Crippen LogP contribution is 2.37. The van der Waals surface area contributed by atoms with Crippen LogP contribution in [0, 0.1) is 6.92 Å². The third-order valence-electron chi connectivity index (χ3n) is 3.74. The van der Waals surface area contributed by atoms with Crippen molar-refractivity contribution in [3.8, 4) is 22.8 Å². The van der Waals surface area contributed by atoms with E-state index < -0.39 is 0 Å². The number of halogens is 2. The molecule has 1 aromatic carbocycles. The molecule has 4 nitrogen and oxygen atoms in total. The van der Waals surface area contributed by atoms with Gasteiger partial charge in [0.1, 0.15) is 5.65 Å². The standard InChI is InChI=1S/C16H12BrClN2O2/c1-9-4-11(17)7-20-12(6-18)15(19-16(9)20)10-2-3-13-14(5-10)22-8-21-13/h2-5,7H,6,8H2,1H3. The lowest BCUT2D eigenvalue weighted by molar-refractivity contribution is 0.174. The maximum Gasteiger partial charge on any atom is 0.231 e. The second-order valence-corrected chi connectivity index (χ2v) is 6.33. The summed E-state index contributed by atoms with van der Waals surface area (Å²) in [7, 11) is 0. The summed E-state index contributed by atoms with van der Waals surface area (Å²) >= 11 is 9.72. The summed E-state index contributed by atoms with van der Waals surface area (Å²) in [6.45, 7) is 2.30. The summed E-state index contributed by atoms with van der Waals surface area (Å²) in [5, 5.41) is 0. The molecule has 1 aliphatic heterocycles. The van der Waals surface area contributed by atoms with Gasteiger partial charge in [0.05, 0.1) is 17.3 Å². The topological polar surface area (TPSA) is 35.8 Å². The van der Waals surface area contributed by atoms with Gasteiger partial charge in [-0.15, -0.1) is 11.6 Å². The van der Waals surface area contributed by atoms with Crippen molar-refractivity contribution in [2.45, 2.75) is 12.8 Å². The summed E-state index contributed by atoms with van der Waals surface area (Å²) in [5.74, 6) is 1.88. The fraction of sp³-hybridized carbons (Fsp3) is 0.188. The largest absolute Gasteiger partial charge is 0.454 e. The first-order valence-corrected chi connectivity index (χ1v) is 8.13. The molecule has 0 spiro atoms. The van der Waals surface area contributed by atoms with Gasteiger partial charge in [-0.05, 0) is 52.7 Å². The summed E-state index contributed by atoms with van der Waals surface area (Å²) in [5.41, 5.74) is 4.80. The van der Waals surface area contributed by atoms with E-state index in [2.05, 4.69) is 15.9 Å². The molecule has 0 aliphatic carbocycles. The Bertz CT molecular complexity index is 891. The van der Waals surface area contributed by atoms with Gasteiger partial charge >= 0.3 is 0 Å². The lowest BCUT2D eigenvalue weighted by atomic mass is 10.1. The van der Waals surface area contributed by atoms with Crippen LogP contribution < -0.4 is 9.47 Å². The minimum absolute atomic E-state index is 0.262. The predicted molar refractivity (Wildman–Crippen MR) is 88.7 cm³/mol. The molecule has 112 valence electrons. The number of fused-ring (bicyclic) bond motifs is 2. The van der Waals surface area contributed by atoms with Gasteiger partial charge in [-0.2, -0.15) is 0 Å². The van der Waals surface area contributed by atoms with Gasteiger partial charge in [0.2, 0.25) is 6.79 Å². The molecule has 0 saturated heterocycles. The zero-order valence-electron chi connectivity index (χ0n) is 11.8. The first-order valence-electron chi connectivity index (χ1n) is 6.80. The van der Waals surface area contributed by atoms with E-state index in [1.165, 1.54) is 0 Å². The predicted octanol–water partition coefficient (Wildman–Crippen LogP) is 4.54. The summed E-state index contributed by atoms with van der Waals surface area (Å²) in [6.07, 6.45) is 1.99. The van der Waals surface area contributed by atoms with E-state index in [0.717, 1.165) is 44.1 Å². The second-order valence-electron chi connectivity index (χ2n) is 5.14. The second kappa shape index (κ2) is 5.18. The van der Waals surface area contributed by atoms with Crippen molar-refractivity contribution in [3.63, 3.8) is 0 Å². The maximum absolute atomic E-state index is 6.19. The fourth-order valence-electron chi connectivity index (χ4n) is 2.72. The Labute approximate surface area is 140 Å². The number of alkyl halides is 1. The molecule has 0 radical (unpaired) electrons. The van der Waals surface area contributed by atoms with Crippen LogP contribution in [0.3, 0.4) is 0 Å². The minimum atomic E-state index is 0.262. The van der Waals surface area contributed by atoms with Crippen LogP contribution in [-0.4, -0.2) is 16.2 Å². The van der Waals surface area contributed by atoms with E-state index in [4.69, 9.17) is 26.1 Å². The molecule has 22 heavy (non-hydrogen) atoms. The summed E-state index contributed by atoms with van der Waals surface area (Å²) < 4.78 is 13.8. The zero-order chi connectivity index (χ0) is 15.3. The number of rotatable bonds is 2. The van der Waals surface area contributed by atoms with Crippen LogP contribution in [0.15, 0.2) is 34.9 Å². The highest BCUT2D eigenvalue weighted by molar-refractivity contribution is 9.10. The average molecular weight is 380 g/mol. The van der Waals surface area contributed by atoms with Crippen LogP contribution in [0.4, 0.5) is 0 Å². The number of imidazole rings is 1. The summed E-state index contributed by atoms with van der Waals surface area (Å²) in [4.78, 5) is 4.78. The fourth-order valence-corrected chi connectivity index (χ4v) is 3.52. The molecule has 3 aromatic rings. The SMILES string of the molecule is Cc1cc(Br)cn2c(CCl)c(-c3ccc4c(c3)OCO4)nc12. The Hall–Kier alpha value is -1.72. The van der Waals surface area contributed by atoms with E-state index in [9.17, 15) is 0 Å². The zero-order valence-corrected chi connectivity index (χ0v) is 14.1. The molecule has 0 unspecified atom stereocenters. The Morgan fingerprint density at radius 2 is 2.09 bits per heavy atom. The lowest BCUT2D eigenvalue weighted by Gasteiger charge is -2.04. The normalized spacial score (nSPS) is 13.0. The molecule has 3 heterocycles. The number of hydrogen-bond donors (Lipinski definition) is 0. The van der Waals surface area contributed by atoms with Crippen molar-refractivity contribution < 1.29 is 9.47 Å². The molecule has 4 rings (SSSR count). The van der Waals surface area contributed by atoms with E-state index in [0.29, 0.717) is 5.88 Å². The van der Waals surface area contributed by atoms with Crippen LogP contribution >= 0.6 is 27.5 Å². The van der Waals surface area contributed by atoms with Gasteiger partial charge < -0.3 is 13.9 Å². The third-order valence-corrected chi connectivity index (χ3v) is 4.43. The number of hydrogen-bond acceptors (Lipinski definition) is 3. The Morgan fingerprint density at radius 3 is 2.91 bits per heavy atom. The van der Waals surface area contributed by atoms with Crippen molar-refractivity contribution in [2.75, 3.05) is 6.79 Å². The van der Waals surface area contributed by atoms with Gasteiger partial charge in [-0.25, -0.2) is 4.98 Å². The molecule has 0 bridgehead atoms. The highest BCUT2D eigenvalue weighted by Gasteiger charge is 2.19. The Morgan fingerprint density at radius 1 is 1.27 bits per heavy atom. The van der Waals surface area contributed by atoms with E-state index >= 15 is 0 Å². The molecule has 1 aliphatic rings. The molecule has 0 amide bonds. The third kappa shape index (κ3) is 2.08. The van der Waals surface area contributed by atoms with Gasteiger partial charge in [0.15, 0.2) is 11.5 Å². The van der Waals surface area contributed by atoms with Crippen molar-refractivity contribution in [2.24, 2.45) is 0 Å². The number of pyridine rings is 1. The number of benzene rings is 1. The van der Waals surface area contributed by atoms with Crippen molar-refractivity contribution in [1.82, 2.24) is 9.38 Å². The van der Waals surface area contributed by atoms with Crippen LogP contribution in [-0.2, 0) is 5.88 Å². The molecule has 0 N–H and O–H groups in total. The number of aryl methyl sites for hydroxylation is 1.